The second kappa shape index (κ2) is 6.01. The zero-order valence-corrected chi connectivity index (χ0v) is 11.4. The average molecular weight is 288 g/mol. The van der Waals surface area contributed by atoms with Crippen LogP contribution in [0.1, 0.15) is 24.0 Å². The van der Waals surface area contributed by atoms with Crippen LogP contribution in [-0.4, -0.2) is 26.3 Å². The number of methoxy groups -OCH3 is 1. The zero-order valence-electron chi connectivity index (χ0n) is 11.4. The molecule has 0 bridgehead atoms. The van der Waals surface area contributed by atoms with Gasteiger partial charge in [-0.25, -0.2) is 0 Å². The van der Waals surface area contributed by atoms with E-state index in [1.807, 2.05) is 4.90 Å². The number of anilines is 1. The molecule has 1 aliphatic rings. The first-order chi connectivity index (χ1) is 9.45. The van der Waals surface area contributed by atoms with E-state index in [9.17, 15) is 13.2 Å². The molecule has 2 rings (SSSR count). The third-order valence-electron chi connectivity index (χ3n) is 3.75. The molecular weight excluding hydrogens is 269 g/mol. The summed E-state index contributed by atoms with van der Waals surface area (Å²) in [5.74, 6) is 0. The van der Waals surface area contributed by atoms with Gasteiger partial charge < -0.3 is 15.4 Å². The highest BCUT2D eigenvalue weighted by Gasteiger charge is 2.32. The minimum absolute atomic E-state index is 0.193. The largest absolute Gasteiger partial charge is 0.416 e. The summed E-state index contributed by atoms with van der Waals surface area (Å²) in [6.45, 7) is 1.61. The number of rotatable bonds is 3. The van der Waals surface area contributed by atoms with Gasteiger partial charge in [0.2, 0.25) is 0 Å². The summed E-state index contributed by atoms with van der Waals surface area (Å²) in [6.07, 6.45) is -2.50. The van der Waals surface area contributed by atoms with E-state index in [2.05, 4.69) is 0 Å². The number of ether oxygens (including phenoxy) is 1. The first-order valence-electron chi connectivity index (χ1n) is 6.63. The van der Waals surface area contributed by atoms with E-state index in [1.165, 1.54) is 12.1 Å². The highest BCUT2D eigenvalue weighted by atomic mass is 19.4. The van der Waals surface area contributed by atoms with Crippen molar-refractivity contribution in [2.45, 2.75) is 31.7 Å². The highest BCUT2D eigenvalue weighted by Crippen LogP contribution is 2.34. The third kappa shape index (κ3) is 3.24. The van der Waals surface area contributed by atoms with Crippen LogP contribution in [0.25, 0.3) is 0 Å². The number of nitrogens with zero attached hydrogens (tertiary/aromatic N) is 1. The predicted molar refractivity (Wildman–Crippen MR) is 71.6 cm³/mol. The van der Waals surface area contributed by atoms with Gasteiger partial charge in [-0.3, -0.25) is 0 Å². The van der Waals surface area contributed by atoms with E-state index in [1.54, 1.807) is 7.11 Å². The van der Waals surface area contributed by atoms with Gasteiger partial charge in [0.05, 0.1) is 11.7 Å². The Morgan fingerprint density at radius 1 is 1.30 bits per heavy atom. The van der Waals surface area contributed by atoms with Gasteiger partial charge in [0.15, 0.2) is 0 Å². The highest BCUT2D eigenvalue weighted by molar-refractivity contribution is 5.56. The summed E-state index contributed by atoms with van der Waals surface area (Å²) in [7, 11) is 1.66. The van der Waals surface area contributed by atoms with Gasteiger partial charge in [0, 0.05) is 32.4 Å². The van der Waals surface area contributed by atoms with E-state index in [0.717, 1.165) is 24.5 Å². The molecule has 1 aliphatic heterocycles. The third-order valence-corrected chi connectivity index (χ3v) is 3.75. The predicted octanol–water partition coefficient (Wildman–Crippen LogP) is 2.78. The SMILES string of the molecule is COC1CCN(c2cc(C(F)(F)F)ccc2CN)CC1. The Labute approximate surface area is 116 Å². The van der Waals surface area contributed by atoms with Crippen LogP contribution in [0.15, 0.2) is 18.2 Å². The fourth-order valence-electron chi connectivity index (χ4n) is 2.54. The van der Waals surface area contributed by atoms with Gasteiger partial charge in [-0.05, 0) is 30.5 Å². The zero-order chi connectivity index (χ0) is 14.8. The first kappa shape index (κ1) is 15.1. The van der Waals surface area contributed by atoms with Crippen molar-refractivity contribution in [2.75, 3.05) is 25.1 Å². The standard InChI is InChI=1S/C14H19F3N2O/c1-20-12-4-6-19(7-5-12)13-8-11(14(15,16)17)3-2-10(13)9-18/h2-3,8,12H,4-7,9,18H2,1H3. The molecule has 0 radical (unpaired) electrons. The molecule has 0 aromatic heterocycles. The van der Waals surface area contributed by atoms with E-state index < -0.39 is 11.7 Å². The Bertz CT molecular complexity index is 454. The van der Waals surface area contributed by atoms with Crippen LogP contribution in [-0.2, 0) is 17.5 Å². The molecule has 1 saturated heterocycles. The summed E-state index contributed by atoms with van der Waals surface area (Å²) in [5.41, 5.74) is 6.35. The Balaban J connectivity index is 2.25. The van der Waals surface area contributed by atoms with Crippen molar-refractivity contribution in [3.8, 4) is 0 Å². The van der Waals surface area contributed by atoms with Crippen molar-refractivity contribution in [2.24, 2.45) is 5.73 Å². The van der Waals surface area contributed by atoms with Crippen molar-refractivity contribution in [3.05, 3.63) is 29.3 Å². The maximum atomic E-state index is 12.8. The quantitative estimate of drug-likeness (QED) is 0.929. The van der Waals surface area contributed by atoms with Gasteiger partial charge >= 0.3 is 6.18 Å². The molecule has 2 N–H and O–H groups in total. The fourth-order valence-corrected chi connectivity index (χ4v) is 2.54. The van der Waals surface area contributed by atoms with E-state index >= 15 is 0 Å². The molecular formula is C14H19F3N2O. The molecule has 0 atom stereocenters. The summed E-state index contributed by atoms with van der Waals surface area (Å²) >= 11 is 0. The number of hydrogen-bond acceptors (Lipinski definition) is 3. The Hall–Kier alpha value is -1.27. The van der Waals surface area contributed by atoms with Crippen LogP contribution < -0.4 is 10.6 Å². The van der Waals surface area contributed by atoms with Crippen LogP contribution in [0.5, 0.6) is 0 Å². The summed E-state index contributed by atoms with van der Waals surface area (Å²) < 4.78 is 43.7. The van der Waals surface area contributed by atoms with Crippen molar-refractivity contribution >= 4 is 5.69 Å². The van der Waals surface area contributed by atoms with Crippen LogP contribution in [0.3, 0.4) is 0 Å². The van der Waals surface area contributed by atoms with Crippen molar-refractivity contribution in [3.63, 3.8) is 0 Å². The van der Waals surface area contributed by atoms with E-state index in [4.69, 9.17) is 10.5 Å². The lowest BCUT2D eigenvalue weighted by atomic mass is 10.0. The Kier molecular flexibility index (Phi) is 4.55. The lowest BCUT2D eigenvalue weighted by molar-refractivity contribution is -0.137. The lowest BCUT2D eigenvalue weighted by Crippen LogP contribution is -2.37. The lowest BCUT2D eigenvalue weighted by Gasteiger charge is -2.34. The van der Waals surface area contributed by atoms with Crippen molar-refractivity contribution < 1.29 is 17.9 Å². The minimum Gasteiger partial charge on any atom is -0.381 e. The maximum Gasteiger partial charge on any atom is 0.416 e. The molecule has 1 aromatic rings. The smallest absolute Gasteiger partial charge is 0.381 e. The summed E-state index contributed by atoms with van der Waals surface area (Å²) in [5, 5.41) is 0. The molecule has 3 nitrogen and oxygen atoms in total. The Morgan fingerprint density at radius 3 is 2.45 bits per heavy atom. The summed E-state index contributed by atoms with van der Waals surface area (Å²) in [6, 6.07) is 3.77. The van der Waals surface area contributed by atoms with Gasteiger partial charge in [-0.1, -0.05) is 6.07 Å². The molecule has 0 aliphatic carbocycles. The molecule has 1 aromatic carbocycles. The van der Waals surface area contributed by atoms with Gasteiger partial charge in [0.1, 0.15) is 0 Å². The van der Waals surface area contributed by atoms with Crippen LogP contribution in [0.4, 0.5) is 18.9 Å². The van der Waals surface area contributed by atoms with E-state index in [-0.39, 0.29) is 12.6 Å². The second-order valence-electron chi connectivity index (χ2n) is 4.97. The monoisotopic (exact) mass is 288 g/mol. The molecule has 0 spiro atoms. The Morgan fingerprint density at radius 2 is 1.95 bits per heavy atom. The number of halogens is 3. The maximum absolute atomic E-state index is 12.8. The summed E-state index contributed by atoms with van der Waals surface area (Å²) in [4.78, 5) is 1.97. The normalized spacial score (nSPS) is 17.6. The van der Waals surface area contributed by atoms with Gasteiger partial charge in [-0.15, -0.1) is 0 Å². The molecule has 0 unspecified atom stereocenters. The number of alkyl halides is 3. The first-order valence-corrected chi connectivity index (χ1v) is 6.63. The van der Waals surface area contributed by atoms with Crippen molar-refractivity contribution in [1.82, 2.24) is 0 Å². The number of piperidine rings is 1. The van der Waals surface area contributed by atoms with E-state index in [0.29, 0.717) is 18.8 Å². The molecule has 112 valence electrons. The average Bonchev–Trinajstić information content (AvgIpc) is 2.45. The van der Waals surface area contributed by atoms with Crippen molar-refractivity contribution in [1.29, 1.82) is 0 Å². The topological polar surface area (TPSA) is 38.5 Å². The molecule has 20 heavy (non-hydrogen) atoms. The number of hydrogen-bond donors (Lipinski definition) is 1. The van der Waals surface area contributed by atoms with Crippen LogP contribution >= 0.6 is 0 Å². The van der Waals surface area contributed by atoms with Crippen LogP contribution in [0.2, 0.25) is 0 Å². The van der Waals surface area contributed by atoms with Gasteiger partial charge in [-0.2, -0.15) is 13.2 Å². The molecule has 6 heteroatoms. The van der Waals surface area contributed by atoms with Gasteiger partial charge in [0.25, 0.3) is 0 Å². The molecule has 1 fully saturated rings. The molecule has 1 heterocycles. The fraction of sp³-hybridized carbons (Fsp3) is 0.571. The minimum atomic E-state index is -4.33. The molecule has 0 amide bonds. The number of nitrogens with two attached hydrogens (primary N) is 1. The number of benzene rings is 1. The van der Waals surface area contributed by atoms with Crippen LogP contribution in [0, 0.1) is 0 Å². The molecule has 0 saturated carbocycles. The second-order valence-corrected chi connectivity index (χ2v) is 4.97.